The van der Waals surface area contributed by atoms with E-state index in [1.807, 2.05) is 6.92 Å². The van der Waals surface area contributed by atoms with Crippen LogP contribution in [0.2, 0.25) is 0 Å². The third-order valence-electron chi connectivity index (χ3n) is 2.56. The third-order valence-corrected chi connectivity index (χ3v) is 2.56. The lowest BCUT2D eigenvalue weighted by Gasteiger charge is -2.06. The van der Waals surface area contributed by atoms with Gasteiger partial charge in [-0.3, -0.25) is 0 Å². The molecule has 0 aliphatic rings. The maximum atomic E-state index is 13.7. The van der Waals surface area contributed by atoms with Crippen LogP contribution in [0, 0.1) is 0 Å². The fourth-order valence-electron chi connectivity index (χ4n) is 1.02. The van der Waals surface area contributed by atoms with E-state index in [9.17, 15) is 8.78 Å². The molecule has 0 unspecified atom stereocenters. The van der Waals surface area contributed by atoms with Crippen molar-refractivity contribution in [2.45, 2.75) is 47.0 Å². The summed E-state index contributed by atoms with van der Waals surface area (Å²) in [4.78, 5) is 0. The predicted octanol–water partition coefficient (Wildman–Crippen LogP) is 7.15. The summed E-state index contributed by atoms with van der Waals surface area (Å²) in [6, 6.07) is 0. The molecule has 0 aliphatic heterocycles. The smallest absolute Gasteiger partial charge is 0.166 e. The normalized spacial score (nSPS) is 11.3. The molecule has 0 aromatic rings. The van der Waals surface area contributed by atoms with Gasteiger partial charge in [-0.25, -0.2) is 8.78 Å². The Hall–Kier alpha value is -1.70. The Morgan fingerprint density at radius 2 is 1.29 bits per heavy atom. The van der Waals surface area contributed by atoms with Gasteiger partial charge >= 0.3 is 0 Å². The van der Waals surface area contributed by atoms with Crippen molar-refractivity contribution in [3.8, 4) is 0 Å². The minimum absolute atomic E-state index is 0.0674. The van der Waals surface area contributed by atoms with Crippen molar-refractivity contribution in [3.05, 3.63) is 72.4 Å². The molecule has 2 heteroatoms. The lowest BCUT2D eigenvalue weighted by Crippen LogP contribution is -1.91. The van der Waals surface area contributed by atoms with E-state index in [4.69, 9.17) is 0 Å². The maximum Gasteiger partial charge on any atom is 0.166 e. The fourth-order valence-corrected chi connectivity index (χ4v) is 1.02. The van der Waals surface area contributed by atoms with Gasteiger partial charge in [-0.2, -0.15) is 0 Å². The molecule has 0 saturated carbocycles. The molecule has 0 N–H and O–H groups in total. The number of allylic oxidation sites excluding steroid dienone is 8. The Balaban J connectivity index is 0. The van der Waals surface area contributed by atoms with Gasteiger partial charge < -0.3 is 0 Å². The van der Waals surface area contributed by atoms with Crippen molar-refractivity contribution >= 4 is 0 Å². The van der Waals surface area contributed by atoms with Crippen molar-refractivity contribution in [3.63, 3.8) is 0 Å². The van der Waals surface area contributed by atoms with Crippen LogP contribution in [-0.2, 0) is 0 Å². The van der Waals surface area contributed by atoms with Crippen LogP contribution >= 0.6 is 0 Å². The summed E-state index contributed by atoms with van der Waals surface area (Å²) in [5.74, 6) is -1.95. The zero-order chi connectivity index (χ0) is 17.0. The first-order valence-electron chi connectivity index (χ1n) is 7.24. The molecule has 21 heavy (non-hydrogen) atoms. The summed E-state index contributed by atoms with van der Waals surface area (Å²) < 4.78 is 27.2. The van der Waals surface area contributed by atoms with Gasteiger partial charge in [0.15, 0.2) is 11.7 Å². The number of rotatable bonds is 7. The SMILES string of the molecule is C=C(/C=C\C(=C)C(=C)/C(F)=C(/F)C(=C)CC)CC.CCC. The van der Waals surface area contributed by atoms with E-state index >= 15 is 0 Å². The zero-order valence-electron chi connectivity index (χ0n) is 13.9. The van der Waals surface area contributed by atoms with Gasteiger partial charge in [0.2, 0.25) is 0 Å². The molecule has 0 spiro atoms. The molecule has 0 rings (SSSR count). The van der Waals surface area contributed by atoms with Gasteiger partial charge in [-0.05, 0) is 24.0 Å². The Morgan fingerprint density at radius 1 is 0.810 bits per heavy atom. The summed E-state index contributed by atoms with van der Waals surface area (Å²) in [7, 11) is 0. The molecule has 0 radical (unpaired) electrons. The molecule has 0 aromatic heterocycles. The molecule has 0 saturated heterocycles. The molecule has 0 heterocycles. The summed E-state index contributed by atoms with van der Waals surface area (Å²) in [5.41, 5.74) is 1.25. The van der Waals surface area contributed by atoms with Gasteiger partial charge in [-0.15, -0.1) is 0 Å². The Kier molecular flexibility index (Phi) is 12.4. The standard InChI is InChI=1S/C16H20F2.C3H8/c1-7-11(3)9-10-13(5)14(6)16(18)15(17)12(4)8-2;1-3-2/h9-10H,3-8H2,1-2H3;3H2,1-2H3/b10-9-,16-15-;. The van der Waals surface area contributed by atoms with Gasteiger partial charge in [0.25, 0.3) is 0 Å². The highest BCUT2D eigenvalue weighted by molar-refractivity contribution is 5.50. The maximum absolute atomic E-state index is 13.7. The van der Waals surface area contributed by atoms with Gasteiger partial charge in [-0.1, -0.05) is 78.2 Å². The van der Waals surface area contributed by atoms with Crippen LogP contribution in [0.5, 0.6) is 0 Å². The van der Waals surface area contributed by atoms with E-state index in [0.717, 1.165) is 12.0 Å². The van der Waals surface area contributed by atoms with E-state index in [1.54, 1.807) is 19.1 Å². The number of halogens is 2. The van der Waals surface area contributed by atoms with E-state index in [0.29, 0.717) is 12.0 Å². The Bertz CT molecular complexity index is 448. The molecule has 0 nitrogen and oxygen atoms in total. The van der Waals surface area contributed by atoms with E-state index in [2.05, 4.69) is 40.2 Å². The molecule has 0 amide bonds. The van der Waals surface area contributed by atoms with Crippen LogP contribution in [0.1, 0.15) is 47.0 Å². The second-order valence-electron chi connectivity index (χ2n) is 4.64. The van der Waals surface area contributed by atoms with Crippen LogP contribution < -0.4 is 0 Å². The molecule has 118 valence electrons. The average molecular weight is 294 g/mol. The molecule has 0 fully saturated rings. The summed E-state index contributed by atoms with van der Waals surface area (Å²) >= 11 is 0. The minimum atomic E-state index is -1.00. The van der Waals surface area contributed by atoms with Crippen LogP contribution in [0.15, 0.2) is 72.4 Å². The molecule has 0 aromatic carbocycles. The first kappa shape index (κ1) is 21.6. The van der Waals surface area contributed by atoms with Crippen molar-refractivity contribution < 1.29 is 8.78 Å². The summed E-state index contributed by atoms with van der Waals surface area (Å²) in [5, 5.41) is 0. The van der Waals surface area contributed by atoms with Crippen LogP contribution in [0.3, 0.4) is 0 Å². The van der Waals surface area contributed by atoms with Gasteiger partial charge in [0.1, 0.15) is 0 Å². The van der Waals surface area contributed by atoms with Crippen LogP contribution in [-0.4, -0.2) is 0 Å². The Morgan fingerprint density at radius 3 is 1.67 bits per heavy atom. The lowest BCUT2D eigenvalue weighted by atomic mass is 10.0. The highest BCUT2D eigenvalue weighted by Crippen LogP contribution is 2.27. The van der Waals surface area contributed by atoms with Crippen molar-refractivity contribution in [2.24, 2.45) is 0 Å². The average Bonchev–Trinajstić information content (AvgIpc) is 2.49. The topological polar surface area (TPSA) is 0 Å². The highest BCUT2D eigenvalue weighted by atomic mass is 19.2. The van der Waals surface area contributed by atoms with Gasteiger partial charge in [0, 0.05) is 5.57 Å². The minimum Gasteiger partial charge on any atom is -0.203 e. The summed E-state index contributed by atoms with van der Waals surface area (Å²) in [6.45, 7) is 22.3. The molecule has 0 bridgehead atoms. The second kappa shape index (κ2) is 12.1. The first-order chi connectivity index (χ1) is 9.76. The molecular weight excluding hydrogens is 266 g/mol. The van der Waals surface area contributed by atoms with Crippen LogP contribution in [0.4, 0.5) is 8.78 Å². The zero-order valence-corrected chi connectivity index (χ0v) is 13.9. The first-order valence-corrected chi connectivity index (χ1v) is 7.24. The van der Waals surface area contributed by atoms with Crippen LogP contribution in [0.25, 0.3) is 0 Å². The molecule has 0 atom stereocenters. The fraction of sp³-hybridized carbons (Fsp3) is 0.368. The van der Waals surface area contributed by atoms with E-state index in [-0.39, 0.29) is 11.1 Å². The molecule has 0 aliphatic carbocycles. The number of hydrogen-bond acceptors (Lipinski definition) is 0. The van der Waals surface area contributed by atoms with E-state index in [1.165, 1.54) is 6.42 Å². The predicted molar refractivity (Wildman–Crippen MR) is 91.5 cm³/mol. The van der Waals surface area contributed by atoms with Crippen molar-refractivity contribution in [1.82, 2.24) is 0 Å². The largest absolute Gasteiger partial charge is 0.203 e. The van der Waals surface area contributed by atoms with Crippen molar-refractivity contribution in [1.29, 1.82) is 0 Å². The highest BCUT2D eigenvalue weighted by Gasteiger charge is 2.13. The monoisotopic (exact) mass is 294 g/mol. The lowest BCUT2D eigenvalue weighted by molar-refractivity contribution is 0.554. The van der Waals surface area contributed by atoms with Crippen molar-refractivity contribution in [2.75, 3.05) is 0 Å². The summed E-state index contributed by atoms with van der Waals surface area (Å²) in [6.07, 6.45) is 5.68. The molecular formula is C19H28F2. The number of hydrogen-bond donors (Lipinski definition) is 0. The van der Waals surface area contributed by atoms with Gasteiger partial charge in [0.05, 0.1) is 0 Å². The second-order valence-corrected chi connectivity index (χ2v) is 4.64. The third kappa shape index (κ3) is 8.96. The quantitative estimate of drug-likeness (QED) is 0.437. The van der Waals surface area contributed by atoms with E-state index < -0.39 is 11.7 Å². The Labute approximate surface area is 129 Å².